The van der Waals surface area contributed by atoms with E-state index in [0.717, 1.165) is 17.5 Å². The van der Waals surface area contributed by atoms with Gasteiger partial charge in [0, 0.05) is 22.3 Å². The number of halogens is 2. The van der Waals surface area contributed by atoms with Gasteiger partial charge in [0.2, 0.25) is 0 Å². The molecule has 18 heavy (non-hydrogen) atoms. The molecule has 0 spiro atoms. The highest BCUT2D eigenvalue weighted by Gasteiger charge is 2.05. The van der Waals surface area contributed by atoms with Crippen LogP contribution >= 0.6 is 23.2 Å². The van der Waals surface area contributed by atoms with Crippen molar-refractivity contribution in [1.29, 1.82) is 0 Å². The van der Waals surface area contributed by atoms with E-state index in [0.29, 0.717) is 16.6 Å². The number of nitrogens with zero attached hydrogens (tertiary/aromatic N) is 2. The number of aromatic nitrogens is 2. The van der Waals surface area contributed by atoms with Crippen LogP contribution in [0.15, 0.2) is 30.6 Å². The fourth-order valence-electron chi connectivity index (χ4n) is 1.81. The first kappa shape index (κ1) is 13.4. The van der Waals surface area contributed by atoms with E-state index in [1.807, 2.05) is 30.1 Å². The Hall–Kier alpha value is -1.03. The van der Waals surface area contributed by atoms with E-state index in [4.69, 9.17) is 28.9 Å². The van der Waals surface area contributed by atoms with E-state index in [-0.39, 0.29) is 6.04 Å². The quantitative estimate of drug-likeness (QED) is 0.937. The van der Waals surface area contributed by atoms with Crippen LogP contribution in [0.4, 0.5) is 0 Å². The molecule has 0 radical (unpaired) electrons. The van der Waals surface area contributed by atoms with Crippen LogP contribution in [-0.4, -0.2) is 15.8 Å². The molecule has 0 bridgehead atoms. The largest absolute Gasteiger partial charge is 0.328 e. The summed E-state index contributed by atoms with van der Waals surface area (Å²) in [4.78, 5) is 0. The van der Waals surface area contributed by atoms with Gasteiger partial charge < -0.3 is 5.73 Å². The Morgan fingerprint density at radius 1 is 1.39 bits per heavy atom. The molecule has 5 heteroatoms. The Kier molecular flexibility index (Phi) is 4.27. The third-order valence-electron chi connectivity index (χ3n) is 2.58. The second-order valence-electron chi connectivity index (χ2n) is 4.46. The first-order chi connectivity index (χ1) is 8.54. The summed E-state index contributed by atoms with van der Waals surface area (Å²) in [5, 5.41) is 5.67. The predicted octanol–water partition coefficient (Wildman–Crippen LogP) is 3.13. The van der Waals surface area contributed by atoms with Crippen molar-refractivity contribution < 1.29 is 0 Å². The number of hydrogen-bond acceptors (Lipinski definition) is 2. The highest BCUT2D eigenvalue weighted by Crippen LogP contribution is 2.21. The Bertz CT molecular complexity index is 535. The zero-order chi connectivity index (χ0) is 13.1. The van der Waals surface area contributed by atoms with E-state index in [1.54, 1.807) is 12.1 Å². The van der Waals surface area contributed by atoms with Gasteiger partial charge >= 0.3 is 0 Å². The van der Waals surface area contributed by atoms with E-state index in [2.05, 4.69) is 5.10 Å². The summed E-state index contributed by atoms with van der Waals surface area (Å²) in [5.74, 6) is 0. The highest BCUT2D eigenvalue weighted by atomic mass is 35.5. The zero-order valence-corrected chi connectivity index (χ0v) is 11.6. The summed E-state index contributed by atoms with van der Waals surface area (Å²) in [5.41, 5.74) is 7.84. The second kappa shape index (κ2) is 5.74. The van der Waals surface area contributed by atoms with Gasteiger partial charge in [-0.3, -0.25) is 4.68 Å². The van der Waals surface area contributed by atoms with E-state index in [1.165, 1.54) is 0 Å². The number of nitrogens with two attached hydrogens (primary N) is 1. The van der Waals surface area contributed by atoms with Crippen molar-refractivity contribution >= 4 is 23.2 Å². The van der Waals surface area contributed by atoms with Gasteiger partial charge in [0.05, 0.1) is 12.7 Å². The van der Waals surface area contributed by atoms with E-state index in [9.17, 15) is 0 Å². The molecule has 2 rings (SSSR count). The van der Waals surface area contributed by atoms with Crippen LogP contribution in [0.2, 0.25) is 10.0 Å². The number of rotatable bonds is 4. The van der Waals surface area contributed by atoms with Crippen molar-refractivity contribution in [2.24, 2.45) is 5.73 Å². The Labute approximate surface area is 117 Å². The molecular formula is C13H15Cl2N3. The fraction of sp³-hybridized carbons (Fsp3) is 0.308. The van der Waals surface area contributed by atoms with Gasteiger partial charge in [-0.1, -0.05) is 23.2 Å². The zero-order valence-electron chi connectivity index (χ0n) is 10.1. The van der Waals surface area contributed by atoms with Crippen LogP contribution in [0, 0.1) is 0 Å². The summed E-state index contributed by atoms with van der Waals surface area (Å²) in [6.07, 6.45) is 4.64. The molecule has 0 saturated carbocycles. The average Bonchev–Trinajstić information content (AvgIpc) is 2.70. The van der Waals surface area contributed by atoms with E-state index < -0.39 is 0 Å². The maximum Gasteiger partial charge on any atom is 0.0674 e. The normalized spacial score (nSPS) is 12.7. The smallest absolute Gasteiger partial charge is 0.0674 e. The molecule has 0 aliphatic heterocycles. The molecule has 1 aromatic carbocycles. The van der Waals surface area contributed by atoms with Crippen LogP contribution in [0.5, 0.6) is 0 Å². The molecule has 1 atom stereocenters. The molecule has 0 aliphatic carbocycles. The van der Waals surface area contributed by atoms with Gasteiger partial charge in [-0.25, -0.2) is 0 Å². The van der Waals surface area contributed by atoms with Gasteiger partial charge in [0.25, 0.3) is 0 Å². The Morgan fingerprint density at radius 2 is 2.17 bits per heavy atom. The molecule has 1 unspecified atom stereocenters. The minimum absolute atomic E-state index is 0.136. The molecule has 0 saturated heterocycles. The minimum Gasteiger partial charge on any atom is -0.328 e. The standard InChI is InChI=1S/C13H15Cl2N3/c1-9(16)4-10-6-17-18(7-10)8-11-5-12(14)2-3-13(11)15/h2-3,5-7,9H,4,8,16H2,1H3. The lowest BCUT2D eigenvalue weighted by Gasteiger charge is -2.05. The minimum atomic E-state index is 0.136. The van der Waals surface area contributed by atoms with Crippen molar-refractivity contribution in [3.8, 4) is 0 Å². The van der Waals surface area contributed by atoms with Gasteiger partial charge in [0.15, 0.2) is 0 Å². The first-order valence-corrected chi connectivity index (χ1v) is 6.51. The molecule has 1 aromatic heterocycles. The summed E-state index contributed by atoms with van der Waals surface area (Å²) in [6, 6.07) is 5.57. The molecule has 0 aliphatic rings. The summed E-state index contributed by atoms with van der Waals surface area (Å²) in [7, 11) is 0. The predicted molar refractivity (Wildman–Crippen MR) is 75.1 cm³/mol. The SMILES string of the molecule is CC(N)Cc1cnn(Cc2cc(Cl)ccc2Cl)c1. The maximum atomic E-state index is 6.12. The molecule has 96 valence electrons. The molecule has 0 amide bonds. The number of benzene rings is 1. The van der Waals surface area contributed by atoms with Gasteiger partial charge in [-0.15, -0.1) is 0 Å². The molecule has 3 nitrogen and oxygen atoms in total. The Balaban J connectivity index is 2.13. The molecule has 1 heterocycles. The first-order valence-electron chi connectivity index (χ1n) is 5.75. The third-order valence-corrected chi connectivity index (χ3v) is 3.19. The molecule has 2 N–H and O–H groups in total. The van der Waals surface area contributed by atoms with Crippen LogP contribution in [0.25, 0.3) is 0 Å². The monoisotopic (exact) mass is 283 g/mol. The van der Waals surface area contributed by atoms with E-state index >= 15 is 0 Å². The second-order valence-corrected chi connectivity index (χ2v) is 5.31. The molecule has 0 fully saturated rings. The number of hydrogen-bond donors (Lipinski definition) is 1. The third kappa shape index (κ3) is 3.48. The van der Waals surface area contributed by atoms with Crippen molar-refractivity contribution in [3.63, 3.8) is 0 Å². The van der Waals surface area contributed by atoms with Crippen molar-refractivity contribution in [3.05, 3.63) is 51.8 Å². The highest BCUT2D eigenvalue weighted by molar-refractivity contribution is 6.33. The molecular weight excluding hydrogens is 269 g/mol. The average molecular weight is 284 g/mol. The van der Waals surface area contributed by atoms with Crippen LogP contribution in [0.1, 0.15) is 18.1 Å². The van der Waals surface area contributed by atoms with Gasteiger partial charge in [-0.05, 0) is 42.7 Å². The summed E-state index contributed by atoms with van der Waals surface area (Å²) >= 11 is 12.1. The van der Waals surface area contributed by atoms with Crippen molar-refractivity contribution in [2.75, 3.05) is 0 Å². The van der Waals surface area contributed by atoms with Gasteiger partial charge in [0.1, 0.15) is 0 Å². The lowest BCUT2D eigenvalue weighted by Crippen LogP contribution is -2.17. The molecule has 2 aromatic rings. The lowest BCUT2D eigenvalue weighted by atomic mass is 10.1. The topological polar surface area (TPSA) is 43.8 Å². The van der Waals surface area contributed by atoms with Gasteiger partial charge in [-0.2, -0.15) is 5.10 Å². The fourth-order valence-corrected chi connectivity index (χ4v) is 2.18. The van der Waals surface area contributed by atoms with Crippen LogP contribution in [-0.2, 0) is 13.0 Å². The summed E-state index contributed by atoms with van der Waals surface area (Å²) < 4.78 is 1.84. The van der Waals surface area contributed by atoms with Crippen LogP contribution in [0.3, 0.4) is 0 Å². The van der Waals surface area contributed by atoms with Crippen molar-refractivity contribution in [2.45, 2.75) is 25.9 Å². The Morgan fingerprint density at radius 3 is 2.89 bits per heavy atom. The summed E-state index contributed by atoms with van der Waals surface area (Å²) in [6.45, 7) is 2.59. The van der Waals surface area contributed by atoms with Crippen molar-refractivity contribution in [1.82, 2.24) is 9.78 Å². The maximum absolute atomic E-state index is 6.12. The lowest BCUT2D eigenvalue weighted by molar-refractivity contribution is 0.684. The van der Waals surface area contributed by atoms with Crippen LogP contribution < -0.4 is 5.73 Å².